The second kappa shape index (κ2) is 9.27. The zero-order valence-electron chi connectivity index (χ0n) is 17.7. The highest BCUT2D eigenvalue weighted by Gasteiger charge is 2.75. The molecule has 174 valence electrons. The van der Waals surface area contributed by atoms with Crippen LogP contribution in [0.2, 0.25) is 0 Å². The minimum atomic E-state index is -4.19. The van der Waals surface area contributed by atoms with Crippen LogP contribution in [0, 0.1) is 0 Å². The summed E-state index contributed by atoms with van der Waals surface area (Å²) in [5, 5.41) is 53.5. The minimum absolute atomic E-state index is 0.376. The van der Waals surface area contributed by atoms with Crippen LogP contribution in [0.15, 0.2) is 30.3 Å². The molecule has 0 bridgehead atoms. The Morgan fingerprint density at radius 1 is 0.750 bits per heavy atom. The first-order valence-corrected chi connectivity index (χ1v) is 9.23. The molecule has 32 heavy (non-hydrogen) atoms. The Morgan fingerprint density at radius 2 is 1.22 bits per heavy atom. The lowest BCUT2D eigenvalue weighted by atomic mass is 9.60. The SMILES string of the molecule is CC(=O)C(O)[C@@H](O)[C@](O)(C(C)=O)[C@@](O)(C(C)=O)[C@](O)(C(C)=O)C(=O)C(=O)c1ccccc1. The molecule has 11 heteroatoms. The van der Waals surface area contributed by atoms with Crippen molar-refractivity contribution < 1.29 is 54.3 Å². The number of rotatable bonds is 11. The molecule has 0 aliphatic rings. The fourth-order valence-corrected chi connectivity index (χ4v) is 3.39. The zero-order chi connectivity index (χ0) is 25.2. The molecule has 5 atom stereocenters. The molecular weight excluding hydrogens is 428 g/mol. The van der Waals surface area contributed by atoms with Crippen LogP contribution in [0.25, 0.3) is 0 Å². The number of carbonyl (C=O) groups is 6. The lowest BCUT2D eigenvalue weighted by molar-refractivity contribution is -0.250. The molecule has 0 amide bonds. The fourth-order valence-electron chi connectivity index (χ4n) is 3.39. The largest absolute Gasteiger partial charge is 0.386 e. The van der Waals surface area contributed by atoms with Gasteiger partial charge >= 0.3 is 0 Å². The number of aliphatic hydroxyl groups excluding tert-OH is 2. The van der Waals surface area contributed by atoms with E-state index in [0.29, 0.717) is 20.8 Å². The summed E-state index contributed by atoms with van der Waals surface area (Å²) in [7, 11) is 0. The van der Waals surface area contributed by atoms with Crippen molar-refractivity contribution in [1.82, 2.24) is 0 Å². The summed E-state index contributed by atoms with van der Waals surface area (Å²) < 4.78 is 0. The molecular formula is C21H24O11. The Balaban J connectivity index is 3.97. The molecule has 1 rings (SSSR count). The normalized spacial score (nSPS) is 18.8. The molecule has 5 N–H and O–H groups in total. The van der Waals surface area contributed by atoms with Crippen molar-refractivity contribution in [2.45, 2.75) is 56.7 Å². The number of hydrogen-bond donors (Lipinski definition) is 5. The third-order valence-corrected chi connectivity index (χ3v) is 5.35. The summed E-state index contributed by atoms with van der Waals surface area (Å²) in [6.45, 7) is 2.16. The molecule has 0 aliphatic heterocycles. The van der Waals surface area contributed by atoms with E-state index in [4.69, 9.17) is 0 Å². The predicted octanol–water partition coefficient (Wildman–Crippen LogP) is -2.29. The van der Waals surface area contributed by atoms with Crippen molar-refractivity contribution in [2.75, 3.05) is 0 Å². The number of hydrogen-bond acceptors (Lipinski definition) is 11. The Bertz CT molecular complexity index is 969. The van der Waals surface area contributed by atoms with Gasteiger partial charge in [0.2, 0.25) is 22.8 Å². The third kappa shape index (κ3) is 3.85. The predicted molar refractivity (Wildman–Crippen MR) is 105 cm³/mol. The van der Waals surface area contributed by atoms with Crippen LogP contribution in [-0.2, 0) is 24.0 Å². The van der Waals surface area contributed by atoms with Gasteiger partial charge in [0.15, 0.2) is 28.7 Å². The molecule has 1 aromatic carbocycles. The van der Waals surface area contributed by atoms with Crippen molar-refractivity contribution in [3.63, 3.8) is 0 Å². The fraction of sp³-hybridized carbons (Fsp3) is 0.429. The van der Waals surface area contributed by atoms with E-state index in [0.717, 1.165) is 19.1 Å². The molecule has 0 heterocycles. The Labute approximate surface area is 182 Å². The maximum atomic E-state index is 13.0. The molecule has 0 radical (unpaired) electrons. The zero-order valence-corrected chi connectivity index (χ0v) is 17.7. The van der Waals surface area contributed by atoms with Crippen LogP contribution in [-0.4, -0.2) is 89.2 Å². The summed E-state index contributed by atoms with van der Waals surface area (Å²) in [6, 6.07) is 6.34. The van der Waals surface area contributed by atoms with Gasteiger partial charge < -0.3 is 25.5 Å². The van der Waals surface area contributed by atoms with Crippen LogP contribution in [0.3, 0.4) is 0 Å². The van der Waals surface area contributed by atoms with E-state index in [1.807, 2.05) is 0 Å². The van der Waals surface area contributed by atoms with Gasteiger partial charge in [-0.2, -0.15) is 0 Å². The molecule has 0 aromatic heterocycles. The topological polar surface area (TPSA) is 204 Å². The lowest BCUT2D eigenvalue weighted by Gasteiger charge is -2.49. The quantitative estimate of drug-likeness (QED) is 0.137. The van der Waals surface area contributed by atoms with E-state index in [2.05, 4.69) is 0 Å². The molecule has 1 aromatic rings. The Kier molecular flexibility index (Phi) is 7.84. The van der Waals surface area contributed by atoms with Crippen LogP contribution in [0.1, 0.15) is 38.1 Å². The summed E-state index contributed by atoms with van der Waals surface area (Å²) in [5.74, 6) is -10.2. The van der Waals surface area contributed by atoms with Crippen molar-refractivity contribution in [2.24, 2.45) is 0 Å². The molecule has 0 saturated heterocycles. The van der Waals surface area contributed by atoms with Crippen molar-refractivity contribution in [3.8, 4) is 0 Å². The lowest BCUT2D eigenvalue weighted by Crippen LogP contribution is -2.82. The van der Waals surface area contributed by atoms with E-state index >= 15 is 0 Å². The van der Waals surface area contributed by atoms with Crippen molar-refractivity contribution in [3.05, 3.63) is 35.9 Å². The van der Waals surface area contributed by atoms with Gasteiger partial charge in [-0.25, -0.2) is 0 Å². The number of benzene rings is 1. The smallest absolute Gasteiger partial charge is 0.246 e. The summed E-state index contributed by atoms with van der Waals surface area (Å²) in [4.78, 5) is 74.4. The molecule has 0 spiro atoms. The van der Waals surface area contributed by atoms with Crippen LogP contribution in [0.4, 0.5) is 0 Å². The number of aliphatic hydroxyl groups is 5. The maximum Gasteiger partial charge on any atom is 0.246 e. The van der Waals surface area contributed by atoms with Gasteiger partial charge in [-0.1, -0.05) is 30.3 Å². The van der Waals surface area contributed by atoms with E-state index in [-0.39, 0.29) is 5.56 Å². The van der Waals surface area contributed by atoms with Gasteiger partial charge in [-0.05, 0) is 27.7 Å². The molecule has 1 unspecified atom stereocenters. The molecule has 11 nitrogen and oxygen atoms in total. The standard InChI is InChI=1S/C21H24O11/c1-10(22)15(26)17(28)19(30,11(2)23)21(32,13(4)25)20(31,12(3)24)18(29)16(27)14-8-6-5-7-9-14/h5-9,15,17,26,28,30-32H,1-4H3/t15?,17-,19-,20+,21+/m1/s1. The average Bonchev–Trinajstić information content (AvgIpc) is 2.74. The van der Waals surface area contributed by atoms with E-state index in [1.165, 1.54) is 18.2 Å². The van der Waals surface area contributed by atoms with Crippen LogP contribution in [0.5, 0.6) is 0 Å². The second-order valence-electron chi connectivity index (χ2n) is 7.38. The average molecular weight is 452 g/mol. The van der Waals surface area contributed by atoms with Gasteiger partial charge in [0.1, 0.15) is 12.2 Å². The van der Waals surface area contributed by atoms with Gasteiger partial charge in [0.05, 0.1) is 0 Å². The Hall–Kier alpha value is -2.96. The van der Waals surface area contributed by atoms with Crippen molar-refractivity contribution >= 4 is 34.7 Å². The second-order valence-corrected chi connectivity index (χ2v) is 7.38. The number of Topliss-reactive ketones (excluding diaryl/α,β-unsaturated/α-hetero) is 6. The van der Waals surface area contributed by atoms with Gasteiger partial charge in [0.25, 0.3) is 0 Å². The summed E-state index contributed by atoms with van der Waals surface area (Å²) in [6.07, 6.45) is -5.58. The first-order chi connectivity index (χ1) is 14.5. The summed E-state index contributed by atoms with van der Waals surface area (Å²) >= 11 is 0. The highest BCUT2D eigenvalue weighted by molar-refractivity contribution is 6.51. The van der Waals surface area contributed by atoms with Gasteiger partial charge in [-0.3, -0.25) is 28.8 Å². The molecule has 0 aliphatic carbocycles. The first-order valence-electron chi connectivity index (χ1n) is 9.23. The number of carbonyl (C=O) groups excluding carboxylic acids is 6. The maximum absolute atomic E-state index is 13.0. The van der Waals surface area contributed by atoms with E-state index in [1.54, 1.807) is 0 Å². The van der Waals surface area contributed by atoms with Gasteiger partial charge in [0, 0.05) is 5.56 Å². The Morgan fingerprint density at radius 3 is 1.56 bits per heavy atom. The third-order valence-electron chi connectivity index (χ3n) is 5.35. The molecule has 0 fully saturated rings. The van der Waals surface area contributed by atoms with E-state index in [9.17, 15) is 54.3 Å². The van der Waals surface area contributed by atoms with Gasteiger partial charge in [-0.15, -0.1) is 0 Å². The van der Waals surface area contributed by atoms with Crippen molar-refractivity contribution in [1.29, 1.82) is 0 Å². The first kappa shape index (κ1) is 27.1. The highest BCUT2D eigenvalue weighted by atomic mass is 16.4. The highest BCUT2D eigenvalue weighted by Crippen LogP contribution is 2.40. The van der Waals surface area contributed by atoms with E-state index < -0.39 is 63.7 Å². The molecule has 0 saturated carbocycles. The number of ketones is 6. The summed E-state index contributed by atoms with van der Waals surface area (Å²) in [5.41, 5.74) is -12.6. The van der Waals surface area contributed by atoms with Crippen LogP contribution >= 0.6 is 0 Å². The minimum Gasteiger partial charge on any atom is -0.386 e. The monoisotopic (exact) mass is 452 g/mol. The van der Waals surface area contributed by atoms with Crippen LogP contribution < -0.4 is 0 Å².